The number of carboxylic acids is 1. The number of thiazole rings is 1. The zero-order chi connectivity index (χ0) is 13.0. The number of anilines is 1. The van der Waals surface area contributed by atoms with Crippen LogP contribution in [0.15, 0.2) is 29.8 Å². The minimum absolute atomic E-state index is 0.00790. The van der Waals surface area contributed by atoms with Crippen LogP contribution in [0.1, 0.15) is 16.1 Å². The zero-order valence-electron chi connectivity index (χ0n) is 9.39. The van der Waals surface area contributed by atoms with Crippen molar-refractivity contribution < 1.29 is 14.3 Å². The van der Waals surface area contributed by atoms with Gasteiger partial charge in [0.15, 0.2) is 5.69 Å². The van der Waals surface area contributed by atoms with Gasteiger partial charge in [0.1, 0.15) is 10.8 Å². The van der Waals surface area contributed by atoms with Crippen LogP contribution in [0.25, 0.3) is 0 Å². The lowest BCUT2D eigenvalue weighted by Crippen LogP contribution is -2.08. The number of aromatic nitrogens is 1. The maximum absolute atomic E-state index is 13.3. The Morgan fingerprint density at radius 1 is 1.44 bits per heavy atom. The van der Waals surface area contributed by atoms with Crippen molar-refractivity contribution in [2.75, 3.05) is 11.9 Å². The predicted molar refractivity (Wildman–Crippen MR) is 67.7 cm³/mol. The van der Waals surface area contributed by atoms with Crippen LogP contribution in [0.2, 0.25) is 0 Å². The third kappa shape index (κ3) is 2.84. The first-order chi connectivity index (χ1) is 8.68. The molecular weight excluding hydrogens is 255 g/mol. The largest absolute Gasteiger partial charge is 0.476 e. The van der Waals surface area contributed by atoms with Crippen molar-refractivity contribution in [3.8, 4) is 0 Å². The number of carboxylic acid groups (broad SMARTS) is 1. The maximum atomic E-state index is 13.3. The molecule has 0 bridgehead atoms. The van der Waals surface area contributed by atoms with Crippen LogP contribution in [-0.4, -0.2) is 22.6 Å². The van der Waals surface area contributed by atoms with Crippen molar-refractivity contribution in [3.63, 3.8) is 0 Å². The number of nitrogens with one attached hydrogen (secondary N) is 1. The molecule has 0 aliphatic carbocycles. The molecule has 0 amide bonds. The first-order valence-corrected chi connectivity index (χ1v) is 6.20. The Morgan fingerprint density at radius 2 is 2.22 bits per heavy atom. The highest BCUT2D eigenvalue weighted by Gasteiger charge is 2.12. The van der Waals surface area contributed by atoms with Gasteiger partial charge in [0.2, 0.25) is 0 Å². The molecule has 2 N–H and O–H groups in total. The molecule has 0 aliphatic heterocycles. The van der Waals surface area contributed by atoms with Gasteiger partial charge in [0.05, 0.1) is 5.51 Å². The minimum Gasteiger partial charge on any atom is -0.476 e. The van der Waals surface area contributed by atoms with Gasteiger partial charge in [0.25, 0.3) is 0 Å². The lowest BCUT2D eigenvalue weighted by Gasteiger charge is -2.05. The van der Waals surface area contributed by atoms with E-state index in [0.717, 1.165) is 0 Å². The monoisotopic (exact) mass is 266 g/mol. The second kappa shape index (κ2) is 5.59. The van der Waals surface area contributed by atoms with Crippen molar-refractivity contribution in [3.05, 3.63) is 46.9 Å². The molecule has 0 fully saturated rings. The molecule has 1 heterocycles. The molecule has 1 aromatic heterocycles. The van der Waals surface area contributed by atoms with Crippen molar-refractivity contribution in [2.24, 2.45) is 0 Å². The molecule has 0 saturated heterocycles. The van der Waals surface area contributed by atoms with E-state index in [2.05, 4.69) is 10.3 Å². The van der Waals surface area contributed by atoms with E-state index in [4.69, 9.17) is 5.11 Å². The zero-order valence-corrected chi connectivity index (χ0v) is 10.2. The summed E-state index contributed by atoms with van der Waals surface area (Å²) in [6.07, 6.45) is 0.490. The van der Waals surface area contributed by atoms with Crippen LogP contribution in [0.3, 0.4) is 0 Å². The number of benzene rings is 1. The van der Waals surface area contributed by atoms with Crippen LogP contribution in [0.5, 0.6) is 0 Å². The van der Waals surface area contributed by atoms with E-state index in [1.165, 1.54) is 22.9 Å². The molecule has 0 atom stereocenters. The summed E-state index contributed by atoms with van der Waals surface area (Å²) in [6, 6.07) is 6.53. The highest BCUT2D eigenvalue weighted by molar-refractivity contribution is 7.14. The molecular formula is C12H11FN2O2S. The van der Waals surface area contributed by atoms with Crippen molar-refractivity contribution in [2.45, 2.75) is 6.42 Å². The Labute approximate surface area is 107 Å². The number of nitrogens with zero attached hydrogens (tertiary/aromatic N) is 1. The Bertz CT molecular complexity index is 557. The number of hydrogen-bond donors (Lipinski definition) is 2. The Balaban J connectivity index is 1.95. The Kier molecular flexibility index (Phi) is 3.88. The third-order valence-corrected chi connectivity index (χ3v) is 3.19. The minimum atomic E-state index is -1.07. The summed E-state index contributed by atoms with van der Waals surface area (Å²) in [7, 11) is 0. The first-order valence-electron chi connectivity index (χ1n) is 5.32. The van der Waals surface area contributed by atoms with E-state index in [0.29, 0.717) is 23.5 Å². The van der Waals surface area contributed by atoms with E-state index >= 15 is 0 Å². The van der Waals surface area contributed by atoms with E-state index in [-0.39, 0.29) is 11.5 Å². The average molecular weight is 266 g/mol. The van der Waals surface area contributed by atoms with Crippen LogP contribution in [-0.2, 0) is 6.42 Å². The van der Waals surface area contributed by atoms with Gasteiger partial charge < -0.3 is 10.4 Å². The second-order valence-electron chi connectivity index (χ2n) is 3.60. The molecule has 1 aromatic carbocycles. The standard InChI is InChI=1S/C12H11FN2O2S/c13-9-4-2-1-3-8(9)5-6-14-11-10(12(16)17)15-7-18-11/h1-4,7,14H,5-6H2,(H,16,17). The van der Waals surface area contributed by atoms with Gasteiger partial charge in [0, 0.05) is 6.54 Å². The van der Waals surface area contributed by atoms with Gasteiger partial charge in [-0.25, -0.2) is 14.2 Å². The van der Waals surface area contributed by atoms with Crippen LogP contribution >= 0.6 is 11.3 Å². The molecule has 0 radical (unpaired) electrons. The maximum Gasteiger partial charge on any atom is 0.357 e. The summed E-state index contributed by atoms with van der Waals surface area (Å²) in [5.41, 5.74) is 2.08. The quantitative estimate of drug-likeness (QED) is 0.873. The van der Waals surface area contributed by atoms with Crippen molar-refractivity contribution in [1.29, 1.82) is 0 Å². The van der Waals surface area contributed by atoms with Gasteiger partial charge in [-0.15, -0.1) is 11.3 Å². The molecule has 18 heavy (non-hydrogen) atoms. The SMILES string of the molecule is O=C(O)c1ncsc1NCCc1ccccc1F. The van der Waals surface area contributed by atoms with E-state index in [1.54, 1.807) is 18.2 Å². The average Bonchev–Trinajstić information content (AvgIpc) is 2.80. The summed E-state index contributed by atoms with van der Waals surface area (Å²) in [6.45, 7) is 0.462. The number of aromatic carboxylic acids is 1. The molecule has 0 unspecified atom stereocenters. The lowest BCUT2D eigenvalue weighted by atomic mass is 10.1. The highest BCUT2D eigenvalue weighted by Crippen LogP contribution is 2.20. The van der Waals surface area contributed by atoms with Gasteiger partial charge in [-0.2, -0.15) is 0 Å². The molecule has 4 nitrogen and oxygen atoms in total. The molecule has 6 heteroatoms. The lowest BCUT2D eigenvalue weighted by molar-refractivity contribution is 0.0692. The van der Waals surface area contributed by atoms with Gasteiger partial charge >= 0.3 is 5.97 Å². The topological polar surface area (TPSA) is 62.2 Å². The van der Waals surface area contributed by atoms with Crippen LogP contribution < -0.4 is 5.32 Å². The van der Waals surface area contributed by atoms with E-state index in [9.17, 15) is 9.18 Å². The van der Waals surface area contributed by atoms with Crippen molar-refractivity contribution >= 4 is 22.3 Å². The highest BCUT2D eigenvalue weighted by atomic mass is 32.1. The fraction of sp³-hybridized carbons (Fsp3) is 0.167. The summed E-state index contributed by atoms with van der Waals surface area (Å²) in [5, 5.41) is 12.3. The van der Waals surface area contributed by atoms with E-state index in [1.807, 2.05) is 0 Å². The number of carbonyl (C=O) groups is 1. The molecule has 94 valence electrons. The van der Waals surface area contributed by atoms with Crippen LogP contribution in [0, 0.1) is 5.82 Å². The fourth-order valence-electron chi connectivity index (χ4n) is 1.54. The van der Waals surface area contributed by atoms with Gasteiger partial charge in [-0.1, -0.05) is 18.2 Å². The van der Waals surface area contributed by atoms with Crippen LogP contribution in [0.4, 0.5) is 9.39 Å². The number of halogens is 1. The Hall–Kier alpha value is -1.95. The molecule has 0 spiro atoms. The third-order valence-electron chi connectivity index (χ3n) is 2.41. The summed E-state index contributed by atoms with van der Waals surface area (Å²) in [4.78, 5) is 14.6. The van der Waals surface area contributed by atoms with E-state index < -0.39 is 5.97 Å². The normalized spacial score (nSPS) is 10.3. The summed E-state index contributed by atoms with van der Waals surface area (Å²) < 4.78 is 13.3. The Morgan fingerprint density at radius 3 is 2.94 bits per heavy atom. The van der Waals surface area contributed by atoms with Crippen molar-refractivity contribution in [1.82, 2.24) is 4.98 Å². The molecule has 2 aromatic rings. The molecule has 0 aliphatic rings. The van der Waals surface area contributed by atoms with Gasteiger partial charge in [-0.3, -0.25) is 0 Å². The number of rotatable bonds is 5. The second-order valence-corrected chi connectivity index (χ2v) is 4.46. The first kappa shape index (κ1) is 12.5. The summed E-state index contributed by atoms with van der Waals surface area (Å²) in [5.74, 6) is -1.31. The fourth-order valence-corrected chi connectivity index (χ4v) is 2.24. The number of hydrogen-bond acceptors (Lipinski definition) is 4. The summed E-state index contributed by atoms with van der Waals surface area (Å²) >= 11 is 1.22. The molecule has 2 rings (SSSR count). The van der Waals surface area contributed by atoms with Gasteiger partial charge in [-0.05, 0) is 18.1 Å². The molecule has 0 saturated carbocycles. The predicted octanol–water partition coefficient (Wildman–Crippen LogP) is 2.64. The smallest absolute Gasteiger partial charge is 0.357 e.